The smallest absolute Gasteiger partial charge is 0.324 e. The summed E-state index contributed by atoms with van der Waals surface area (Å²) < 4.78 is 27.3. The molecule has 0 aromatic heterocycles. The van der Waals surface area contributed by atoms with Gasteiger partial charge in [0.25, 0.3) is 0 Å². The van der Waals surface area contributed by atoms with E-state index in [1.165, 1.54) is 0 Å². The van der Waals surface area contributed by atoms with Crippen molar-refractivity contribution in [2.45, 2.75) is 30.9 Å². The Labute approximate surface area is 109 Å². The Hall–Kier alpha value is -0.0700. The molecule has 106 valence electrons. The molecule has 0 aromatic rings. The van der Waals surface area contributed by atoms with E-state index in [9.17, 15) is 0 Å². The van der Waals surface area contributed by atoms with Crippen LogP contribution < -0.4 is 5.73 Å². The molecule has 18 heavy (non-hydrogen) atoms. The van der Waals surface area contributed by atoms with Crippen LogP contribution in [0.5, 0.6) is 0 Å². The lowest BCUT2D eigenvalue weighted by Crippen LogP contribution is -2.45. The van der Waals surface area contributed by atoms with Crippen molar-refractivity contribution in [1.82, 2.24) is 0 Å². The topological polar surface area (TPSA) is 72.2 Å². The quantitative estimate of drug-likeness (QED) is 0.542. The highest BCUT2D eigenvalue weighted by Crippen LogP contribution is 2.34. The molecule has 1 aliphatic rings. The first-order valence-electron chi connectivity index (χ1n) is 5.80. The number of rotatable bonds is 7. The summed E-state index contributed by atoms with van der Waals surface area (Å²) in [6.07, 6.45) is 3.97. The lowest BCUT2D eigenvalue weighted by molar-refractivity contribution is -0.271. The molecule has 0 bridgehead atoms. The zero-order valence-electron chi connectivity index (χ0n) is 11.2. The highest BCUT2D eigenvalue weighted by molar-refractivity contribution is 7.55. The highest BCUT2D eigenvalue weighted by atomic mass is 31.1. The van der Waals surface area contributed by atoms with E-state index < -0.39 is 13.8 Å². The molecule has 2 N–H and O–H groups in total. The molecule has 1 rings (SSSR count). The Balaban J connectivity index is 2.64. The number of hydrogen-bond donors (Lipinski definition) is 1. The van der Waals surface area contributed by atoms with E-state index in [0.29, 0.717) is 13.0 Å². The molecular formula is C11H23NO5P+. The van der Waals surface area contributed by atoms with E-state index in [-0.39, 0.29) is 25.0 Å². The van der Waals surface area contributed by atoms with Gasteiger partial charge in [0.15, 0.2) is 6.29 Å². The van der Waals surface area contributed by atoms with Gasteiger partial charge in [-0.1, -0.05) is 0 Å². The molecule has 0 saturated carbocycles. The minimum absolute atomic E-state index is 0.0724. The predicted octanol–water partition coefficient (Wildman–Crippen LogP) is 0.539. The van der Waals surface area contributed by atoms with E-state index in [2.05, 4.69) is 6.30 Å². The minimum Gasteiger partial charge on any atom is -0.364 e. The van der Waals surface area contributed by atoms with Crippen molar-refractivity contribution in [3.63, 3.8) is 0 Å². The van der Waals surface area contributed by atoms with Gasteiger partial charge in [-0.15, -0.1) is 0 Å². The van der Waals surface area contributed by atoms with Gasteiger partial charge >= 0.3 is 6.03 Å². The normalized spacial score (nSPS) is 29.6. The van der Waals surface area contributed by atoms with Crippen molar-refractivity contribution in [1.29, 1.82) is 0 Å². The zero-order valence-corrected chi connectivity index (χ0v) is 12.1. The third-order valence-electron chi connectivity index (χ3n) is 2.64. The summed E-state index contributed by atoms with van der Waals surface area (Å²) in [7, 11) is 2.57. The zero-order chi connectivity index (χ0) is 13.5. The SMILES string of the molecule is C=[P+](C)C1OC(COCN)CC(C(OC)OC)O1. The highest BCUT2D eigenvalue weighted by Gasteiger charge is 2.39. The van der Waals surface area contributed by atoms with Gasteiger partial charge in [0.1, 0.15) is 20.3 Å². The molecule has 0 spiro atoms. The van der Waals surface area contributed by atoms with Crippen LogP contribution in [0.15, 0.2) is 0 Å². The van der Waals surface area contributed by atoms with Gasteiger partial charge in [-0.05, 0) is 0 Å². The van der Waals surface area contributed by atoms with Crippen LogP contribution >= 0.6 is 7.55 Å². The Morgan fingerprint density at radius 3 is 2.56 bits per heavy atom. The molecule has 0 aliphatic carbocycles. The standard InChI is InChI=1S/C11H23NO5P/c1-13-10(14-2)9-5-8(6-15-7-12)16-11(17-9)18(3)4/h8-11H,3,5-7,12H2,1-2,4H3/q+1. The van der Waals surface area contributed by atoms with E-state index in [1.54, 1.807) is 14.2 Å². The number of methoxy groups -OCH3 is 2. The molecule has 4 atom stereocenters. The molecule has 1 aliphatic heterocycles. The van der Waals surface area contributed by atoms with E-state index in [4.69, 9.17) is 29.4 Å². The summed E-state index contributed by atoms with van der Waals surface area (Å²) in [6.45, 7) is 2.62. The fraction of sp³-hybridized carbons (Fsp3) is 0.909. The predicted molar refractivity (Wildman–Crippen MR) is 70.9 cm³/mol. The molecule has 1 saturated heterocycles. The summed E-state index contributed by atoms with van der Waals surface area (Å²) in [5.41, 5.74) is 5.32. The summed E-state index contributed by atoms with van der Waals surface area (Å²) in [4.78, 5) is 0. The molecular weight excluding hydrogens is 257 g/mol. The molecule has 4 unspecified atom stereocenters. The van der Waals surface area contributed by atoms with Gasteiger partial charge in [-0.3, -0.25) is 0 Å². The van der Waals surface area contributed by atoms with Crippen molar-refractivity contribution in [3.05, 3.63) is 0 Å². The lowest BCUT2D eigenvalue weighted by atomic mass is 10.1. The van der Waals surface area contributed by atoms with Crippen LogP contribution in [0.4, 0.5) is 0 Å². The van der Waals surface area contributed by atoms with Crippen molar-refractivity contribution >= 4 is 13.8 Å². The largest absolute Gasteiger partial charge is 0.364 e. The van der Waals surface area contributed by atoms with Crippen LogP contribution in [-0.2, 0) is 23.7 Å². The van der Waals surface area contributed by atoms with Crippen molar-refractivity contribution in [3.8, 4) is 0 Å². The maximum absolute atomic E-state index is 5.81. The molecule has 7 heteroatoms. The molecule has 6 nitrogen and oxygen atoms in total. The first kappa shape index (κ1) is 16.0. The van der Waals surface area contributed by atoms with Gasteiger partial charge in [0.05, 0.1) is 25.7 Å². The first-order valence-corrected chi connectivity index (χ1v) is 7.84. The van der Waals surface area contributed by atoms with Gasteiger partial charge in [-0.25, -0.2) is 0 Å². The minimum atomic E-state index is -0.614. The van der Waals surface area contributed by atoms with Crippen LogP contribution in [0.1, 0.15) is 6.42 Å². The second-order valence-corrected chi connectivity index (χ2v) is 6.05. The van der Waals surface area contributed by atoms with Crippen LogP contribution in [-0.4, -0.2) is 65.1 Å². The monoisotopic (exact) mass is 280 g/mol. The maximum atomic E-state index is 5.81. The summed E-state index contributed by atoms with van der Waals surface area (Å²) in [5, 5.41) is 0. The Morgan fingerprint density at radius 2 is 2.06 bits per heavy atom. The van der Waals surface area contributed by atoms with Gasteiger partial charge in [-0.2, -0.15) is 0 Å². The van der Waals surface area contributed by atoms with Crippen molar-refractivity contribution < 1.29 is 23.7 Å². The Bertz CT molecular complexity index is 262. The van der Waals surface area contributed by atoms with Crippen LogP contribution in [0.25, 0.3) is 0 Å². The van der Waals surface area contributed by atoms with E-state index in [0.717, 1.165) is 0 Å². The first-order chi connectivity index (χ1) is 8.62. The maximum Gasteiger partial charge on any atom is 0.324 e. The van der Waals surface area contributed by atoms with E-state index in [1.807, 2.05) is 6.66 Å². The van der Waals surface area contributed by atoms with Gasteiger partial charge in [0, 0.05) is 20.6 Å². The van der Waals surface area contributed by atoms with Crippen molar-refractivity contribution in [2.24, 2.45) is 5.73 Å². The molecule has 0 aromatic carbocycles. The Morgan fingerprint density at radius 1 is 1.39 bits per heavy atom. The van der Waals surface area contributed by atoms with Crippen LogP contribution in [0.3, 0.4) is 0 Å². The third-order valence-corrected chi connectivity index (χ3v) is 3.61. The average Bonchev–Trinajstić information content (AvgIpc) is 2.37. The fourth-order valence-corrected chi connectivity index (χ4v) is 2.55. The molecule has 1 heterocycles. The molecule has 0 amide bonds. The molecule has 1 fully saturated rings. The summed E-state index contributed by atoms with van der Waals surface area (Å²) in [6, 6.07) is -0.321. The Kier molecular flexibility index (Phi) is 7.26. The number of ether oxygens (including phenoxy) is 5. The average molecular weight is 280 g/mol. The van der Waals surface area contributed by atoms with E-state index >= 15 is 0 Å². The fourth-order valence-electron chi connectivity index (χ4n) is 1.81. The van der Waals surface area contributed by atoms with Gasteiger partial charge in [0.2, 0.25) is 0 Å². The van der Waals surface area contributed by atoms with Crippen molar-refractivity contribution in [2.75, 3.05) is 34.2 Å². The van der Waals surface area contributed by atoms with Crippen LogP contribution in [0, 0.1) is 0 Å². The number of nitrogens with two attached hydrogens (primary N) is 1. The second-order valence-electron chi connectivity index (χ2n) is 4.11. The summed E-state index contributed by atoms with van der Waals surface area (Å²) >= 11 is 0. The van der Waals surface area contributed by atoms with Crippen LogP contribution in [0.2, 0.25) is 0 Å². The summed E-state index contributed by atoms with van der Waals surface area (Å²) in [5.74, 6) is 0. The lowest BCUT2D eigenvalue weighted by Gasteiger charge is -2.34. The van der Waals surface area contributed by atoms with Gasteiger partial charge < -0.3 is 29.4 Å². The number of hydrogen-bond acceptors (Lipinski definition) is 6. The molecule has 0 radical (unpaired) electrons. The third kappa shape index (κ3) is 4.55. The second kappa shape index (κ2) is 8.17.